The van der Waals surface area contributed by atoms with Gasteiger partial charge in [-0.05, 0) is 51.1 Å². The second-order valence-corrected chi connectivity index (χ2v) is 5.62. The molecule has 0 fully saturated rings. The second-order valence-electron chi connectivity index (χ2n) is 5.62. The van der Waals surface area contributed by atoms with Crippen LogP contribution in [-0.2, 0) is 9.59 Å². The zero-order chi connectivity index (χ0) is 17.9. The van der Waals surface area contributed by atoms with Crippen LogP contribution in [0.4, 0.5) is 11.4 Å². The largest absolute Gasteiger partial charge is 0.348 e. The number of hydrogen-bond donors (Lipinski definition) is 2. The fourth-order valence-electron chi connectivity index (χ4n) is 2.43. The van der Waals surface area contributed by atoms with E-state index in [0.717, 1.165) is 0 Å². The number of rotatable bonds is 4. The van der Waals surface area contributed by atoms with Gasteiger partial charge in [0.25, 0.3) is 0 Å². The quantitative estimate of drug-likeness (QED) is 0.898. The standard InChI is InChI=1S/C17H20N4O3/c1-10-9-11(2)21(17(24)18-10)12(3)16(23)20-15-7-5-14(6-8-15)19-13(4)22/h5-9,12H,1-4H3,(H,19,22)(H,20,23)/t12-/m1/s1. The van der Waals surface area contributed by atoms with Crippen molar-refractivity contribution in [2.75, 3.05) is 10.6 Å². The molecule has 2 amide bonds. The number of benzene rings is 1. The van der Waals surface area contributed by atoms with E-state index in [1.54, 1.807) is 51.1 Å². The highest BCUT2D eigenvalue weighted by atomic mass is 16.2. The van der Waals surface area contributed by atoms with E-state index in [9.17, 15) is 14.4 Å². The Morgan fingerprint density at radius 3 is 2.12 bits per heavy atom. The first kappa shape index (κ1) is 17.4. The van der Waals surface area contributed by atoms with Crippen molar-refractivity contribution in [3.8, 4) is 0 Å². The number of aryl methyl sites for hydroxylation is 2. The van der Waals surface area contributed by atoms with E-state index in [1.807, 2.05) is 0 Å². The number of nitrogens with zero attached hydrogens (tertiary/aromatic N) is 2. The van der Waals surface area contributed by atoms with Crippen LogP contribution < -0.4 is 16.3 Å². The summed E-state index contributed by atoms with van der Waals surface area (Å²) in [5.41, 5.74) is 2.07. The number of amides is 2. The molecule has 0 spiro atoms. The Morgan fingerprint density at radius 1 is 1.08 bits per heavy atom. The Balaban J connectivity index is 2.15. The third-order valence-corrected chi connectivity index (χ3v) is 3.52. The first-order valence-corrected chi connectivity index (χ1v) is 7.53. The van der Waals surface area contributed by atoms with Gasteiger partial charge in [0.2, 0.25) is 11.8 Å². The Morgan fingerprint density at radius 2 is 1.62 bits per heavy atom. The van der Waals surface area contributed by atoms with E-state index >= 15 is 0 Å². The van der Waals surface area contributed by atoms with Crippen LogP contribution in [0.3, 0.4) is 0 Å². The lowest BCUT2D eigenvalue weighted by molar-refractivity contribution is -0.119. The van der Waals surface area contributed by atoms with Crippen molar-refractivity contribution in [2.45, 2.75) is 33.7 Å². The SMILES string of the molecule is CC(=O)Nc1ccc(NC(=O)[C@@H](C)n2c(C)cc(C)nc2=O)cc1. The molecule has 126 valence electrons. The lowest BCUT2D eigenvalue weighted by Crippen LogP contribution is -2.34. The predicted molar refractivity (Wildman–Crippen MR) is 92.1 cm³/mol. The first-order chi connectivity index (χ1) is 11.3. The van der Waals surface area contributed by atoms with Crippen molar-refractivity contribution in [3.63, 3.8) is 0 Å². The first-order valence-electron chi connectivity index (χ1n) is 7.53. The van der Waals surface area contributed by atoms with E-state index in [2.05, 4.69) is 15.6 Å². The summed E-state index contributed by atoms with van der Waals surface area (Å²) in [5.74, 6) is -0.486. The average Bonchev–Trinajstić information content (AvgIpc) is 2.47. The highest BCUT2D eigenvalue weighted by molar-refractivity contribution is 5.94. The Bertz CT molecular complexity index is 825. The number of hydrogen-bond acceptors (Lipinski definition) is 4. The summed E-state index contributed by atoms with van der Waals surface area (Å²) in [7, 11) is 0. The summed E-state index contributed by atoms with van der Waals surface area (Å²) in [6, 6.07) is 7.80. The van der Waals surface area contributed by atoms with Crippen molar-refractivity contribution < 1.29 is 9.59 Å². The number of anilines is 2. The topological polar surface area (TPSA) is 93.1 Å². The molecule has 1 heterocycles. The zero-order valence-electron chi connectivity index (χ0n) is 14.1. The van der Waals surface area contributed by atoms with Crippen LogP contribution >= 0.6 is 0 Å². The lowest BCUT2D eigenvalue weighted by atomic mass is 10.2. The van der Waals surface area contributed by atoms with Gasteiger partial charge >= 0.3 is 5.69 Å². The molecule has 7 heteroatoms. The number of carbonyl (C=O) groups is 2. The summed E-state index contributed by atoms with van der Waals surface area (Å²) < 4.78 is 1.36. The lowest BCUT2D eigenvalue weighted by Gasteiger charge is -2.17. The summed E-state index contributed by atoms with van der Waals surface area (Å²) >= 11 is 0. The highest BCUT2D eigenvalue weighted by Gasteiger charge is 2.18. The van der Waals surface area contributed by atoms with Gasteiger partial charge in [-0.3, -0.25) is 14.2 Å². The Kier molecular flexibility index (Phi) is 5.13. The molecule has 1 aromatic heterocycles. The van der Waals surface area contributed by atoms with E-state index in [4.69, 9.17) is 0 Å². The zero-order valence-corrected chi connectivity index (χ0v) is 14.1. The van der Waals surface area contributed by atoms with Crippen LogP contribution in [-0.4, -0.2) is 21.4 Å². The van der Waals surface area contributed by atoms with E-state index in [-0.39, 0.29) is 11.8 Å². The summed E-state index contributed by atoms with van der Waals surface area (Å²) in [6.07, 6.45) is 0. The smallest absolute Gasteiger partial charge is 0.326 e. The van der Waals surface area contributed by atoms with Crippen molar-refractivity contribution in [1.29, 1.82) is 0 Å². The van der Waals surface area contributed by atoms with Crippen LogP contribution in [0.1, 0.15) is 31.3 Å². The van der Waals surface area contributed by atoms with E-state index in [1.165, 1.54) is 11.5 Å². The molecule has 2 rings (SSSR count). The molecule has 2 N–H and O–H groups in total. The molecule has 0 aliphatic rings. The molecule has 0 aliphatic carbocycles. The van der Waals surface area contributed by atoms with Gasteiger partial charge in [-0.25, -0.2) is 4.79 Å². The molecule has 0 unspecified atom stereocenters. The fraction of sp³-hybridized carbons (Fsp3) is 0.294. The minimum absolute atomic E-state index is 0.165. The van der Waals surface area contributed by atoms with Crippen LogP contribution in [0.15, 0.2) is 35.1 Å². The minimum Gasteiger partial charge on any atom is -0.326 e. The Labute approximate surface area is 139 Å². The molecule has 24 heavy (non-hydrogen) atoms. The van der Waals surface area contributed by atoms with Crippen LogP contribution in [0.5, 0.6) is 0 Å². The van der Waals surface area contributed by atoms with Gasteiger partial charge in [0.1, 0.15) is 6.04 Å². The maximum Gasteiger partial charge on any atom is 0.348 e. The van der Waals surface area contributed by atoms with Gasteiger partial charge in [0.15, 0.2) is 0 Å². The molecule has 0 radical (unpaired) electrons. The third-order valence-electron chi connectivity index (χ3n) is 3.52. The van der Waals surface area contributed by atoms with E-state index in [0.29, 0.717) is 22.8 Å². The molecule has 7 nitrogen and oxygen atoms in total. The van der Waals surface area contributed by atoms with E-state index < -0.39 is 11.7 Å². The fourth-order valence-corrected chi connectivity index (χ4v) is 2.43. The number of carbonyl (C=O) groups excluding carboxylic acids is 2. The van der Waals surface area contributed by atoms with Gasteiger partial charge in [0.05, 0.1) is 0 Å². The summed E-state index contributed by atoms with van der Waals surface area (Å²) in [4.78, 5) is 39.3. The van der Waals surface area contributed by atoms with Gasteiger partial charge in [0, 0.05) is 29.7 Å². The van der Waals surface area contributed by atoms with Gasteiger partial charge in [-0.1, -0.05) is 0 Å². The average molecular weight is 328 g/mol. The minimum atomic E-state index is -0.694. The molecule has 0 saturated heterocycles. The van der Waals surface area contributed by atoms with Crippen molar-refractivity contribution in [1.82, 2.24) is 9.55 Å². The van der Waals surface area contributed by atoms with Crippen molar-refractivity contribution in [3.05, 3.63) is 52.2 Å². The highest BCUT2D eigenvalue weighted by Crippen LogP contribution is 2.16. The molecule has 2 aromatic rings. The molecule has 1 atom stereocenters. The third kappa shape index (κ3) is 4.07. The van der Waals surface area contributed by atoms with Crippen molar-refractivity contribution in [2.24, 2.45) is 0 Å². The maximum absolute atomic E-state index is 12.4. The van der Waals surface area contributed by atoms with Gasteiger partial charge < -0.3 is 10.6 Å². The maximum atomic E-state index is 12.4. The van der Waals surface area contributed by atoms with Crippen LogP contribution in [0.2, 0.25) is 0 Å². The van der Waals surface area contributed by atoms with Crippen molar-refractivity contribution >= 4 is 23.2 Å². The molecule has 0 bridgehead atoms. The van der Waals surface area contributed by atoms with Crippen LogP contribution in [0.25, 0.3) is 0 Å². The summed E-state index contributed by atoms with van der Waals surface area (Å²) in [5, 5.41) is 5.40. The number of nitrogens with one attached hydrogen (secondary N) is 2. The normalized spacial score (nSPS) is 11.7. The molecule has 1 aromatic carbocycles. The summed E-state index contributed by atoms with van der Waals surface area (Å²) in [6.45, 7) is 6.57. The monoisotopic (exact) mass is 328 g/mol. The van der Waals surface area contributed by atoms with Gasteiger partial charge in [-0.2, -0.15) is 4.98 Å². The van der Waals surface area contributed by atoms with Crippen LogP contribution in [0, 0.1) is 13.8 Å². The molecular formula is C17H20N4O3. The number of aromatic nitrogens is 2. The molecule has 0 saturated carbocycles. The second kappa shape index (κ2) is 7.08. The molecular weight excluding hydrogens is 308 g/mol. The van der Waals surface area contributed by atoms with Gasteiger partial charge in [-0.15, -0.1) is 0 Å². The predicted octanol–water partition coefficient (Wildman–Crippen LogP) is 2.02. The molecule has 0 aliphatic heterocycles. The Hall–Kier alpha value is -2.96.